The Kier molecular flexibility index (Phi) is 8.55. The summed E-state index contributed by atoms with van der Waals surface area (Å²) < 4.78 is 31.0. The van der Waals surface area contributed by atoms with Gasteiger partial charge in [0, 0.05) is 18.7 Å². The predicted octanol–water partition coefficient (Wildman–Crippen LogP) is 3.60. The van der Waals surface area contributed by atoms with Crippen molar-refractivity contribution >= 4 is 17.7 Å². The van der Waals surface area contributed by atoms with Crippen LogP contribution in [0.3, 0.4) is 0 Å². The highest BCUT2D eigenvalue weighted by molar-refractivity contribution is 5.94. The molecule has 3 heterocycles. The normalized spacial score (nSPS) is 13.4. The Morgan fingerprint density at radius 3 is 2.62 bits per heavy atom. The van der Waals surface area contributed by atoms with Crippen LogP contribution >= 0.6 is 0 Å². The number of carbonyl (C=O) groups is 2. The Labute approximate surface area is 212 Å². The molecule has 0 bridgehead atoms. The number of hydrogen-bond acceptors (Lipinski definition) is 7. The highest BCUT2D eigenvalue weighted by atomic mass is 19.3. The number of rotatable bonds is 11. The maximum Gasteiger partial charge on any atom is 0.326 e. The van der Waals surface area contributed by atoms with Crippen molar-refractivity contribution in [3.8, 4) is 5.75 Å². The van der Waals surface area contributed by atoms with E-state index in [2.05, 4.69) is 37.7 Å². The molecular weight excluding hydrogens is 484 g/mol. The highest BCUT2D eigenvalue weighted by Gasteiger charge is 2.22. The summed E-state index contributed by atoms with van der Waals surface area (Å²) in [6.45, 7) is 1.46. The molecule has 1 aromatic carbocycles. The summed E-state index contributed by atoms with van der Waals surface area (Å²) in [6, 6.07) is 9.89. The van der Waals surface area contributed by atoms with E-state index in [0.29, 0.717) is 17.9 Å². The molecule has 0 spiro atoms. The van der Waals surface area contributed by atoms with Gasteiger partial charge in [-0.15, -0.1) is 0 Å². The molecule has 1 aliphatic rings. The van der Waals surface area contributed by atoms with Crippen molar-refractivity contribution < 1.29 is 28.2 Å². The van der Waals surface area contributed by atoms with Gasteiger partial charge in [0.05, 0.1) is 19.0 Å². The van der Waals surface area contributed by atoms with Gasteiger partial charge < -0.3 is 20.5 Å². The number of aliphatic carboxylic acids is 1. The van der Waals surface area contributed by atoms with Gasteiger partial charge >= 0.3 is 5.97 Å². The van der Waals surface area contributed by atoms with Crippen LogP contribution in [0.1, 0.15) is 52.3 Å². The van der Waals surface area contributed by atoms with Gasteiger partial charge in [-0.1, -0.05) is 18.2 Å². The summed E-state index contributed by atoms with van der Waals surface area (Å²) in [5.74, 6) is -0.426. The second-order valence-electron chi connectivity index (χ2n) is 8.63. The van der Waals surface area contributed by atoms with Crippen molar-refractivity contribution in [2.24, 2.45) is 0 Å². The van der Waals surface area contributed by atoms with E-state index in [1.807, 2.05) is 0 Å². The third kappa shape index (κ3) is 7.18. The lowest BCUT2D eigenvalue weighted by atomic mass is 10.1. The van der Waals surface area contributed by atoms with Gasteiger partial charge in [0.15, 0.2) is 0 Å². The van der Waals surface area contributed by atoms with Gasteiger partial charge in [0.25, 0.3) is 12.3 Å². The van der Waals surface area contributed by atoms with Gasteiger partial charge in [-0.3, -0.25) is 9.78 Å². The van der Waals surface area contributed by atoms with Crippen molar-refractivity contribution in [1.82, 2.24) is 20.3 Å². The Morgan fingerprint density at radius 1 is 1.11 bits per heavy atom. The Morgan fingerprint density at radius 2 is 1.92 bits per heavy atom. The van der Waals surface area contributed by atoms with Gasteiger partial charge in [0.2, 0.25) is 0 Å². The van der Waals surface area contributed by atoms with Crippen LogP contribution in [-0.2, 0) is 24.1 Å². The predicted molar refractivity (Wildman–Crippen MR) is 131 cm³/mol. The number of benzene rings is 1. The quantitative estimate of drug-likeness (QED) is 0.334. The largest absolute Gasteiger partial charge is 0.494 e. The molecule has 194 valence electrons. The first kappa shape index (κ1) is 25.9. The molecule has 9 nitrogen and oxygen atoms in total. The van der Waals surface area contributed by atoms with E-state index >= 15 is 0 Å². The van der Waals surface area contributed by atoms with Crippen molar-refractivity contribution in [2.75, 3.05) is 18.5 Å². The van der Waals surface area contributed by atoms with Crippen LogP contribution in [0.5, 0.6) is 5.75 Å². The molecule has 4 rings (SSSR count). The molecule has 11 heteroatoms. The van der Waals surface area contributed by atoms with E-state index in [-0.39, 0.29) is 12.1 Å². The number of anilines is 1. The summed E-state index contributed by atoms with van der Waals surface area (Å²) in [6.07, 6.45) is 2.65. The molecule has 37 heavy (non-hydrogen) atoms. The SMILES string of the molecule is O=C(NC(Cc1ccc(OCCCc2ccc3c(n2)NCCC3)cc1)C(=O)O)c1cnc(C(F)F)cn1. The number of fused-ring (bicyclic) bond motifs is 1. The molecule has 3 aromatic rings. The van der Waals surface area contributed by atoms with Crippen LogP contribution in [0.15, 0.2) is 48.8 Å². The number of alkyl halides is 2. The Balaban J connectivity index is 1.25. The van der Waals surface area contributed by atoms with Crippen molar-refractivity contribution in [3.05, 3.63) is 77.0 Å². The first-order valence-corrected chi connectivity index (χ1v) is 12.0. The number of carboxylic acids is 1. The number of ether oxygens (including phenoxy) is 1. The zero-order valence-corrected chi connectivity index (χ0v) is 20.0. The molecule has 0 radical (unpaired) electrons. The minimum atomic E-state index is -2.81. The Bertz CT molecular complexity index is 1220. The minimum Gasteiger partial charge on any atom is -0.494 e. The number of pyridine rings is 1. The molecule has 1 atom stereocenters. The van der Waals surface area contributed by atoms with E-state index in [1.165, 1.54) is 5.56 Å². The maximum atomic E-state index is 12.6. The number of carboxylic acid groups (broad SMARTS) is 1. The maximum absolute atomic E-state index is 12.6. The molecule has 2 aromatic heterocycles. The lowest BCUT2D eigenvalue weighted by molar-refractivity contribution is -0.139. The number of nitrogens with one attached hydrogen (secondary N) is 2. The summed E-state index contributed by atoms with van der Waals surface area (Å²) in [7, 11) is 0. The van der Waals surface area contributed by atoms with Gasteiger partial charge in [-0.25, -0.2) is 23.5 Å². The number of halogens is 2. The van der Waals surface area contributed by atoms with Gasteiger partial charge in [0.1, 0.15) is 29.0 Å². The van der Waals surface area contributed by atoms with Crippen molar-refractivity contribution in [1.29, 1.82) is 0 Å². The summed E-state index contributed by atoms with van der Waals surface area (Å²) >= 11 is 0. The minimum absolute atomic E-state index is 0.0158. The average molecular weight is 512 g/mol. The summed E-state index contributed by atoms with van der Waals surface area (Å²) in [5.41, 5.74) is 2.13. The smallest absolute Gasteiger partial charge is 0.326 e. The number of amides is 1. The second kappa shape index (κ2) is 12.2. The lowest BCUT2D eigenvalue weighted by Crippen LogP contribution is -2.42. The fourth-order valence-electron chi connectivity index (χ4n) is 3.91. The average Bonchev–Trinajstić information content (AvgIpc) is 2.91. The highest BCUT2D eigenvalue weighted by Crippen LogP contribution is 2.20. The van der Waals surface area contributed by atoms with Crippen LogP contribution in [0.4, 0.5) is 14.6 Å². The van der Waals surface area contributed by atoms with Crippen LogP contribution in [0, 0.1) is 0 Å². The number of aryl methyl sites for hydroxylation is 2. The molecular formula is C26H27F2N5O4. The molecule has 1 amide bonds. The van der Waals surface area contributed by atoms with E-state index in [9.17, 15) is 23.5 Å². The molecule has 0 saturated heterocycles. The fraction of sp³-hybridized carbons (Fsp3) is 0.346. The molecule has 1 aliphatic heterocycles. The standard InChI is InChI=1S/C26H27F2N5O4/c27-23(28)21-14-31-22(15-30-21)25(34)33-20(26(35)36)13-16-5-9-19(10-6-16)37-12-2-4-18-8-7-17-3-1-11-29-24(17)32-18/h5-10,14-15,20,23H,1-4,11-13H2,(H,29,32)(H,33,34)(H,35,36). The third-order valence-electron chi connectivity index (χ3n) is 5.89. The van der Waals surface area contributed by atoms with Crippen molar-refractivity contribution in [3.63, 3.8) is 0 Å². The topological polar surface area (TPSA) is 126 Å². The summed E-state index contributed by atoms with van der Waals surface area (Å²) in [5, 5.41) is 15.2. The lowest BCUT2D eigenvalue weighted by Gasteiger charge is -2.17. The fourth-order valence-corrected chi connectivity index (χ4v) is 3.91. The summed E-state index contributed by atoms with van der Waals surface area (Å²) in [4.78, 5) is 35.8. The number of hydrogen-bond donors (Lipinski definition) is 3. The van der Waals surface area contributed by atoms with Crippen molar-refractivity contribution in [2.45, 2.75) is 44.6 Å². The van der Waals surface area contributed by atoms with E-state index in [0.717, 1.165) is 56.1 Å². The van der Waals surface area contributed by atoms with E-state index in [1.54, 1.807) is 24.3 Å². The van der Waals surface area contributed by atoms with Crippen LogP contribution < -0.4 is 15.4 Å². The zero-order valence-electron chi connectivity index (χ0n) is 20.0. The van der Waals surface area contributed by atoms with Crippen LogP contribution in [-0.4, -0.2) is 51.1 Å². The molecule has 1 unspecified atom stereocenters. The van der Waals surface area contributed by atoms with E-state index in [4.69, 9.17) is 4.74 Å². The van der Waals surface area contributed by atoms with E-state index < -0.39 is 30.0 Å². The molecule has 0 aliphatic carbocycles. The molecule has 0 saturated carbocycles. The Hall–Kier alpha value is -4.15. The molecule has 3 N–H and O–H groups in total. The number of aromatic nitrogens is 3. The van der Waals surface area contributed by atoms with Gasteiger partial charge in [-0.05, 0) is 55.0 Å². The first-order valence-electron chi connectivity index (χ1n) is 12.0. The van der Waals surface area contributed by atoms with Gasteiger partial charge in [-0.2, -0.15) is 0 Å². The first-order chi connectivity index (χ1) is 17.9. The number of nitrogens with zero attached hydrogens (tertiary/aromatic N) is 3. The second-order valence-corrected chi connectivity index (χ2v) is 8.63. The monoisotopic (exact) mass is 511 g/mol. The van der Waals surface area contributed by atoms with Crippen LogP contribution in [0.25, 0.3) is 0 Å². The molecule has 0 fully saturated rings. The number of carbonyl (C=O) groups excluding carboxylic acids is 1. The van der Waals surface area contributed by atoms with Crippen LogP contribution in [0.2, 0.25) is 0 Å². The zero-order chi connectivity index (χ0) is 26.2. The third-order valence-corrected chi connectivity index (χ3v) is 5.89.